The monoisotopic (exact) mass is 466 g/mol. The zero-order valence-electron chi connectivity index (χ0n) is 17.7. The van der Waals surface area contributed by atoms with Crippen LogP contribution < -0.4 is 10.5 Å². The first-order valence-corrected chi connectivity index (χ1v) is 11.6. The minimum atomic E-state index is 0.523. The van der Waals surface area contributed by atoms with Gasteiger partial charge in [0.2, 0.25) is 0 Å². The number of nitrogens with zero attached hydrogens (tertiary/aromatic N) is 5. The molecule has 0 bridgehead atoms. The highest BCUT2D eigenvalue weighted by Crippen LogP contribution is 2.32. The molecular weight excluding hydrogens is 444 g/mol. The Morgan fingerprint density at radius 2 is 1.94 bits per heavy atom. The van der Waals surface area contributed by atoms with Crippen LogP contribution in [0.2, 0.25) is 5.02 Å². The Bertz CT molecular complexity index is 1180. The van der Waals surface area contributed by atoms with Crippen LogP contribution in [0.15, 0.2) is 49.1 Å². The topological polar surface area (TPSA) is 99.7 Å². The highest BCUT2D eigenvalue weighted by molar-refractivity contribution is 7.15. The molecule has 0 amide bonds. The van der Waals surface area contributed by atoms with E-state index in [1.807, 2.05) is 30.5 Å². The summed E-state index contributed by atoms with van der Waals surface area (Å²) in [5.74, 6) is 1.27. The predicted octanol–water partition coefficient (Wildman–Crippen LogP) is 5.26. The molecule has 0 radical (unpaired) electrons. The summed E-state index contributed by atoms with van der Waals surface area (Å²) in [6.07, 6.45) is 10.3. The lowest BCUT2D eigenvalue weighted by atomic mass is 10.1. The first-order valence-electron chi connectivity index (χ1n) is 10.4. The van der Waals surface area contributed by atoms with Crippen molar-refractivity contribution in [3.8, 4) is 28.5 Å². The second kappa shape index (κ2) is 10.5. The number of halogens is 1. The zero-order valence-corrected chi connectivity index (χ0v) is 19.2. The zero-order chi connectivity index (χ0) is 22.3. The van der Waals surface area contributed by atoms with Gasteiger partial charge < -0.3 is 10.5 Å². The van der Waals surface area contributed by atoms with Crippen LogP contribution in [0, 0.1) is 0 Å². The minimum absolute atomic E-state index is 0.523. The number of anilines is 1. The van der Waals surface area contributed by atoms with Gasteiger partial charge >= 0.3 is 0 Å². The quantitative estimate of drug-likeness (QED) is 0.359. The van der Waals surface area contributed by atoms with E-state index in [4.69, 9.17) is 32.0 Å². The number of ether oxygens (including phenoxy) is 1. The fourth-order valence-corrected chi connectivity index (χ4v) is 4.18. The Kier molecular flexibility index (Phi) is 7.24. The predicted molar refractivity (Wildman–Crippen MR) is 128 cm³/mol. The Morgan fingerprint density at radius 1 is 1.03 bits per heavy atom. The van der Waals surface area contributed by atoms with Gasteiger partial charge in [0.05, 0.1) is 23.5 Å². The number of rotatable bonds is 9. The summed E-state index contributed by atoms with van der Waals surface area (Å²) in [4.78, 5) is 23.3. The summed E-state index contributed by atoms with van der Waals surface area (Å²) in [7, 11) is 0. The number of aryl methyl sites for hydroxylation is 2. The highest BCUT2D eigenvalue weighted by Gasteiger charge is 2.13. The highest BCUT2D eigenvalue weighted by atomic mass is 35.5. The van der Waals surface area contributed by atoms with Crippen molar-refractivity contribution in [1.82, 2.24) is 24.9 Å². The number of thiazole rings is 1. The van der Waals surface area contributed by atoms with Crippen LogP contribution in [0.4, 0.5) is 5.13 Å². The van der Waals surface area contributed by atoms with Gasteiger partial charge in [-0.25, -0.2) is 19.9 Å². The molecule has 4 aromatic rings. The summed E-state index contributed by atoms with van der Waals surface area (Å²) in [6.45, 7) is 2.71. The van der Waals surface area contributed by atoms with Crippen LogP contribution in [-0.2, 0) is 12.8 Å². The number of benzene rings is 1. The van der Waals surface area contributed by atoms with Crippen LogP contribution in [0.25, 0.3) is 22.8 Å². The van der Waals surface area contributed by atoms with E-state index in [0.717, 1.165) is 53.3 Å². The second-order valence-corrected chi connectivity index (χ2v) is 8.72. The first kappa shape index (κ1) is 22.1. The third kappa shape index (κ3) is 5.57. The van der Waals surface area contributed by atoms with Crippen molar-refractivity contribution >= 4 is 28.1 Å². The summed E-state index contributed by atoms with van der Waals surface area (Å²) < 4.78 is 5.69. The molecule has 3 heterocycles. The van der Waals surface area contributed by atoms with E-state index in [2.05, 4.69) is 21.9 Å². The normalized spacial score (nSPS) is 10.9. The van der Waals surface area contributed by atoms with Crippen LogP contribution >= 0.6 is 22.9 Å². The largest absolute Gasteiger partial charge is 0.494 e. The Balaban J connectivity index is 1.63. The summed E-state index contributed by atoms with van der Waals surface area (Å²) in [6, 6.07) is 7.65. The van der Waals surface area contributed by atoms with Gasteiger partial charge in [-0.05, 0) is 49.9 Å². The van der Waals surface area contributed by atoms with Crippen molar-refractivity contribution in [2.45, 2.75) is 32.6 Å². The van der Waals surface area contributed by atoms with Crippen molar-refractivity contribution < 1.29 is 4.74 Å². The van der Waals surface area contributed by atoms with Gasteiger partial charge in [-0.15, -0.1) is 11.3 Å². The lowest BCUT2D eigenvalue weighted by Gasteiger charge is -2.11. The molecule has 32 heavy (non-hydrogen) atoms. The van der Waals surface area contributed by atoms with Gasteiger partial charge in [0.25, 0.3) is 0 Å². The molecule has 1 aromatic carbocycles. The molecule has 0 aliphatic carbocycles. The van der Waals surface area contributed by atoms with Crippen LogP contribution in [0.3, 0.4) is 0 Å². The van der Waals surface area contributed by atoms with E-state index >= 15 is 0 Å². The Morgan fingerprint density at radius 3 is 2.66 bits per heavy atom. The van der Waals surface area contributed by atoms with E-state index in [0.29, 0.717) is 28.3 Å². The van der Waals surface area contributed by atoms with Crippen LogP contribution in [-0.4, -0.2) is 31.5 Å². The van der Waals surface area contributed by atoms with E-state index in [-0.39, 0.29) is 0 Å². The number of nitrogen functional groups attached to an aromatic ring is 1. The van der Waals surface area contributed by atoms with Crippen LogP contribution in [0.1, 0.15) is 30.3 Å². The molecule has 0 saturated carbocycles. The average Bonchev–Trinajstić information content (AvgIpc) is 3.23. The molecule has 0 atom stereocenters. The fraction of sp³-hybridized carbons (Fsp3) is 0.261. The molecule has 164 valence electrons. The Hall–Kier alpha value is -3.10. The third-order valence-corrected chi connectivity index (χ3v) is 5.89. The van der Waals surface area contributed by atoms with Gasteiger partial charge in [0, 0.05) is 34.7 Å². The molecule has 0 saturated heterocycles. The smallest absolute Gasteiger partial charge is 0.180 e. The number of hydrogen-bond donors (Lipinski definition) is 1. The van der Waals surface area contributed by atoms with Gasteiger partial charge in [-0.2, -0.15) is 0 Å². The third-order valence-electron chi connectivity index (χ3n) is 4.69. The lowest BCUT2D eigenvalue weighted by molar-refractivity contribution is 0.317. The van der Waals surface area contributed by atoms with E-state index in [1.54, 1.807) is 18.6 Å². The van der Waals surface area contributed by atoms with Gasteiger partial charge in [0.15, 0.2) is 11.0 Å². The first-order chi connectivity index (χ1) is 15.6. The van der Waals surface area contributed by atoms with E-state index < -0.39 is 0 Å². The minimum Gasteiger partial charge on any atom is -0.494 e. The molecular formula is C23H23ClN6OS. The summed E-state index contributed by atoms with van der Waals surface area (Å²) >= 11 is 8.11. The number of nitrogens with two attached hydrogens (primary N) is 1. The number of hydrogen-bond acceptors (Lipinski definition) is 8. The standard InChI is InChI=1S/C23H23ClN6OS/c1-2-10-31-16-6-7-18(19(24)12-16)20-11-15(4-3-5-17-13-28-23(25)32-17)29-22(30-20)21-14-26-8-9-27-21/h6-9,11-14H,2-5,10H2,1H3,(H2,25,28). The number of aromatic nitrogens is 5. The molecule has 0 unspecified atom stereocenters. The van der Waals surface area contributed by atoms with Gasteiger partial charge in [-0.3, -0.25) is 4.98 Å². The SMILES string of the molecule is CCCOc1ccc(-c2cc(CCCc3cnc(N)s3)nc(-c3cnccn3)n2)c(Cl)c1. The molecule has 3 aromatic heterocycles. The maximum Gasteiger partial charge on any atom is 0.180 e. The summed E-state index contributed by atoms with van der Waals surface area (Å²) in [5.41, 5.74) is 8.82. The molecule has 4 rings (SSSR count). The maximum atomic E-state index is 6.59. The second-order valence-electron chi connectivity index (χ2n) is 7.17. The molecule has 0 aliphatic rings. The molecule has 9 heteroatoms. The molecule has 0 spiro atoms. The lowest BCUT2D eigenvalue weighted by Crippen LogP contribution is -2.01. The molecule has 0 fully saturated rings. The van der Waals surface area contributed by atoms with Crippen molar-refractivity contribution in [1.29, 1.82) is 0 Å². The van der Waals surface area contributed by atoms with Crippen molar-refractivity contribution in [3.05, 3.63) is 64.6 Å². The summed E-state index contributed by atoms with van der Waals surface area (Å²) in [5, 5.41) is 1.17. The Labute approximate surface area is 195 Å². The van der Waals surface area contributed by atoms with E-state index in [1.165, 1.54) is 11.3 Å². The van der Waals surface area contributed by atoms with Gasteiger partial charge in [-0.1, -0.05) is 18.5 Å². The van der Waals surface area contributed by atoms with E-state index in [9.17, 15) is 0 Å². The molecule has 2 N–H and O–H groups in total. The van der Waals surface area contributed by atoms with Gasteiger partial charge in [0.1, 0.15) is 11.4 Å². The average molecular weight is 467 g/mol. The van der Waals surface area contributed by atoms with Crippen molar-refractivity contribution in [2.24, 2.45) is 0 Å². The molecule has 0 aliphatic heterocycles. The van der Waals surface area contributed by atoms with Crippen molar-refractivity contribution in [2.75, 3.05) is 12.3 Å². The fourth-order valence-electron chi connectivity index (χ4n) is 3.19. The van der Waals surface area contributed by atoms with Crippen molar-refractivity contribution in [3.63, 3.8) is 0 Å². The maximum absolute atomic E-state index is 6.59. The molecule has 7 nitrogen and oxygen atoms in total. The van der Waals surface area contributed by atoms with Crippen LogP contribution in [0.5, 0.6) is 5.75 Å².